The van der Waals surface area contributed by atoms with Crippen LogP contribution in [0.25, 0.3) is 11.0 Å². The van der Waals surface area contributed by atoms with Gasteiger partial charge in [-0.3, -0.25) is 4.79 Å². The van der Waals surface area contributed by atoms with Gasteiger partial charge < -0.3 is 24.1 Å². The van der Waals surface area contributed by atoms with Crippen molar-refractivity contribution >= 4 is 16.9 Å². The molecule has 1 heterocycles. The van der Waals surface area contributed by atoms with Crippen molar-refractivity contribution in [2.75, 3.05) is 6.61 Å². The average molecular weight is 404 g/mol. The highest BCUT2D eigenvalue weighted by Gasteiger charge is 2.15. The second-order valence-electron chi connectivity index (χ2n) is 6.76. The first-order valence-electron chi connectivity index (χ1n) is 9.99. The maximum absolute atomic E-state index is 12.2. The summed E-state index contributed by atoms with van der Waals surface area (Å²) in [6, 6.07) is 4.75. The quantitative estimate of drug-likeness (QED) is 0.275. The summed E-state index contributed by atoms with van der Waals surface area (Å²) < 4.78 is 16.1. The number of ether oxygens (including phenoxy) is 2. The van der Waals surface area contributed by atoms with Crippen LogP contribution in [0.2, 0.25) is 0 Å². The first-order valence-corrected chi connectivity index (χ1v) is 9.99. The predicted octanol–water partition coefficient (Wildman–Crippen LogP) is 5.00. The fourth-order valence-corrected chi connectivity index (χ4v) is 2.78. The summed E-state index contributed by atoms with van der Waals surface area (Å²) in [4.78, 5) is 22.6. The molecule has 158 valence electrons. The number of carboxylic acid groups (broad SMARTS) is 1. The minimum Gasteiger partial charge on any atom is -0.504 e. The van der Waals surface area contributed by atoms with Gasteiger partial charge in [-0.05, 0) is 43.9 Å². The number of rotatable bonds is 13. The number of unbranched alkanes of at least 4 members (excludes halogenated alkanes) is 5. The van der Waals surface area contributed by atoms with E-state index < -0.39 is 11.6 Å². The molecule has 0 saturated carbocycles. The Hall–Kier alpha value is -2.96. The van der Waals surface area contributed by atoms with E-state index in [-0.39, 0.29) is 23.5 Å². The molecule has 0 atom stereocenters. The molecule has 0 fully saturated rings. The molecular formula is C22H28O7. The second kappa shape index (κ2) is 11.8. The van der Waals surface area contributed by atoms with Gasteiger partial charge in [0.25, 0.3) is 5.75 Å². The summed E-state index contributed by atoms with van der Waals surface area (Å²) in [5, 5.41) is 19.3. The highest BCUT2D eigenvalue weighted by Crippen LogP contribution is 2.33. The molecule has 0 saturated heterocycles. The van der Waals surface area contributed by atoms with Crippen molar-refractivity contribution in [1.82, 2.24) is 0 Å². The highest BCUT2D eigenvalue weighted by atomic mass is 16.5. The van der Waals surface area contributed by atoms with Crippen LogP contribution in [0, 0.1) is 0 Å². The minimum atomic E-state index is -0.836. The van der Waals surface area contributed by atoms with E-state index in [9.17, 15) is 14.7 Å². The van der Waals surface area contributed by atoms with E-state index in [2.05, 4.69) is 6.92 Å². The summed E-state index contributed by atoms with van der Waals surface area (Å²) >= 11 is 0. The summed E-state index contributed by atoms with van der Waals surface area (Å²) in [6.07, 6.45) is 9.83. The molecule has 1 aromatic heterocycles. The molecule has 0 aliphatic carbocycles. The molecule has 7 heteroatoms. The lowest BCUT2D eigenvalue weighted by Crippen LogP contribution is -2.04. The molecule has 7 nitrogen and oxygen atoms in total. The van der Waals surface area contributed by atoms with Gasteiger partial charge in [-0.2, -0.15) is 0 Å². The van der Waals surface area contributed by atoms with Crippen LogP contribution in [-0.4, -0.2) is 22.8 Å². The van der Waals surface area contributed by atoms with E-state index in [4.69, 9.17) is 19.0 Å². The van der Waals surface area contributed by atoms with Crippen molar-refractivity contribution in [3.63, 3.8) is 0 Å². The molecule has 0 amide bonds. The van der Waals surface area contributed by atoms with E-state index >= 15 is 0 Å². The molecule has 0 unspecified atom stereocenters. The first kappa shape index (κ1) is 22.3. The van der Waals surface area contributed by atoms with Gasteiger partial charge >= 0.3 is 11.6 Å². The van der Waals surface area contributed by atoms with Crippen LogP contribution in [0.5, 0.6) is 17.2 Å². The summed E-state index contributed by atoms with van der Waals surface area (Å²) in [6.45, 7) is 2.50. The van der Waals surface area contributed by atoms with Crippen LogP contribution in [0.3, 0.4) is 0 Å². The average Bonchev–Trinajstić information content (AvgIpc) is 2.68. The van der Waals surface area contributed by atoms with Gasteiger partial charge in [-0.1, -0.05) is 26.2 Å². The number of aromatic hydroxyl groups is 1. The van der Waals surface area contributed by atoms with Crippen LogP contribution in [0.15, 0.2) is 39.7 Å². The topological polar surface area (TPSA) is 106 Å². The maximum atomic E-state index is 12.2. The molecule has 0 radical (unpaired) electrons. The van der Waals surface area contributed by atoms with Gasteiger partial charge in [0, 0.05) is 12.5 Å². The van der Waals surface area contributed by atoms with Crippen LogP contribution in [0.4, 0.5) is 0 Å². The lowest BCUT2D eigenvalue weighted by molar-refractivity contribution is -0.137. The van der Waals surface area contributed by atoms with E-state index in [0.717, 1.165) is 19.3 Å². The third kappa shape index (κ3) is 7.18. The zero-order chi connectivity index (χ0) is 21.1. The molecular weight excluding hydrogens is 376 g/mol. The molecule has 0 aliphatic rings. The Morgan fingerprint density at radius 2 is 2.00 bits per heavy atom. The van der Waals surface area contributed by atoms with Gasteiger partial charge in [0.2, 0.25) is 0 Å². The summed E-state index contributed by atoms with van der Waals surface area (Å²) in [5.41, 5.74) is -0.587. The van der Waals surface area contributed by atoms with Gasteiger partial charge in [0.15, 0.2) is 5.75 Å². The van der Waals surface area contributed by atoms with Gasteiger partial charge in [0.1, 0.15) is 11.3 Å². The standard InChI is InChI=1S/C22H28O7/c1-2-3-4-5-6-8-14-28-21-20(25)17-12-11-16(15-18(17)29-22(21)26)27-13-9-7-10-19(23)24/h8,11-12,14-15,25H,2-7,9-10,13H2,1H3,(H,23,24)/b14-8+. The Morgan fingerprint density at radius 3 is 2.76 bits per heavy atom. The van der Waals surface area contributed by atoms with Crippen molar-refractivity contribution in [2.24, 2.45) is 0 Å². The first-order chi connectivity index (χ1) is 14.0. The summed E-state index contributed by atoms with van der Waals surface area (Å²) in [7, 11) is 0. The van der Waals surface area contributed by atoms with Crippen molar-refractivity contribution in [3.05, 3.63) is 41.0 Å². The van der Waals surface area contributed by atoms with E-state index in [1.807, 2.05) is 6.08 Å². The Kier molecular flexibility index (Phi) is 9.08. The van der Waals surface area contributed by atoms with E-state index in [0.29, 0.717) is 30.6 Å². The normalized spacial score (nSPS) is 11.2. The van der Waals surface area contributed by atoms with Gasteiger partial charge in [-0.25, -0.2) is 4.79 Å². The largest absolute Gasteiger partial charge is 0.504 e. The van der Waals surface area contributed by atoms with E-state index in [1.54, 1.807) is 12.1 Å². The number of carboxylic acids is 1. The lowest BCUT2D eigenvalue weighted by atomic mass is 10.1. The van der Waals surface area contributed by atoms with Crippen molar-refractivity contribution < 1.29 is 28.9 Å². The molecule has 0 bridgehead atoms. The number of hydrogen-bond acceptors (Lipinski definition) is 6. The number of hydrogen-bond donors (Lipinski definition) is 2. The number of benzene rings is 1. The Labute approximate surface area is 169 Å². The van der Waals surface area contributed by atoms with Crippen LogP contribution < -0.4 is 15.1 Å². The number of fused-ring (bicyclic) bond motifs is 1. The predicted molar refractivity (Wildman–Crippen MR) is 110 cm³/mol. The SMILES string of the molecule is CCCCCC/C=C/Oc1c(O)c2ccc(OCCCCC(=O)O)cc2oc1=O. The van der Waals surface area contributed by atoms with Gasteiger partial charge in [-0.15, -0.1) is 0 Å². The zero-order valence-corrected chi connectivity index (χ0v) is 16.7. The fourth-order valence-electron chi connectivity index (χ4n) is 2.78. The summed E-state index contributed by atoms with van der Waals surface area (Å²) in [5.74, 6) is -0.891. The number of carbonyl (C=O) groups is 1. The molecule has 0 spiro atoms. The molecule has 0 aliphatic heterocycles. The molecule has 1 aromatic carbocycles. The van der Waals surface area contributed by atoms with Crippen LogP contribution in [0.1, 0.15) is 58.3 Å². The smallest absolute Gasteiger partial charge is 0.383 e. The highest BCUT2D eigenvalue weighted by molar-refractivity contribution is 5.86. The Bertz CT molecular complexity index is 883. The number of allylic oxidation sites excluding steroid dienone is 1. The van der Waals surface area contributed by atoms with Crippen molar-refractivity contribution in [1.29, 1.82) is 0 Å². The maximum Gasteiger partial charge on any atom is 0.383 e. The molecule has 29 heavy (non-hydrogen) atoms. The third-order valence-corrected chi connectivity index (χ3v) is 4.37. The van der Waals surface area contributed by atoms with E-state index in [1.165, 1.54) is 25.2 Å². The van der Waals surface area contributed by atoms with Gasteiger partial charge in [0.05, 0.1) is 18.3 Å². The Morgan fingerprint density at radius 1 is 1.17 bits per heavy atom. The third-order valence-electron chi connectivity index (χ3n) is 4.37. The molecule has 2 aromatic rings. The molecule has 2 N–H and O–H groups in total. The number of aliphatic carboxylic acids is 1. The minimum absolute atomic E-state index is 0.0970. The zero-order valence-electron chi connectivity index (χ0n) is 16.7. The van der Waals surface area contributed by atoms with Crippen LogP contribution in [-0.2, 0) is 4.79 Å². The van der Waals surface area contributed by atoms with Crippen molar-refractivity contribution in [2.45, 2.75) is 58.3 Å². The monoisotopic (exact) mass is 404 g/mol. The molecule has 2 rings (SSSR count). The van der Waals surface area contributed by atoms with Crippen LogP contribution >= 0.6 is 0 Å². The second-order valence-corrected chi connectivity index (χ2v) is 6.76. The fraction of sp³-hybridized carbons (Fsp3) is 0.455. The Balaban J connectivity index is 1.98. The lowest BCUT2D eigenvalue weighted by Gasteiger charge is -2.08. The van der Waals surface area contributed by atoms with Crippen molar-refractivity contribution in [3.8, 4) is 17.2 Å².